The first-order chi connectivity index (χ1) is 19.2. The van der Waals surface area contributed by atoms with Crippen molar-refractivity contribution in [3.05, 3.63) is 52.9 Å². The van der Waals surface area contributed by atoms with E-state index in [-0.39, 0.29) is 18.4 Å². The van der Waals surface area contributed by atoms with Gasteiger partial charge in [-0.25, -0.2) is 0 Å². The predicted molar refractivity (Wildman–Crippen MR) is 154 cm³/mol. The van der Waals surface area contributed by atoms with Gasteiger partial charge >= 0.3 is 0 Å². The van der Waals surface area contributed by atoms with Crippen molar-refractivity contribution in [1.29, 1.82) is 0 Å². The first kappa shape index (κ1) is 25.8. The number of fused-ring (bicyclic) bond motifs is 2. The lowest BCUT2D eigenvalue weighted by molar-refractivity contribution is -0.116. The molecule has 2 atom stereocenters. The first-order valence-electron chi connectivity index (χ1n) is 13.7. The van der Waals surface area contributed by atoms with Crippen LogP contribution in [0.5, 0.6) is 11.5 Å². The molecule has 0 unspecified atom stereocenters. The lowest BCUT2D eigenvalue weighted by Crippen LogP contribution is -2.49. The summed E-state index contributed by atoms with van der Waals surface area (Å²) in [6, 6.07) is 11.7. The van der Waals surface area contributed by atoms with Gasteiger partial charge in [0.2, 0.25) is 12.7 Å². The van der Waals surface area contributed by atoms with Crippen LogP contribution in [-0.4, -0.2) is 61.2 Å². The van der Waals surface area contributed by atoms with Crippen molar-refractivity contribution in [3.63, 3.8) is 0 Å². The average molecular weight is 548 g/mol. The molecule has 1 N–H and O–H groups in total. The molecule has 1 aliphatic carbocycles. The van der Waals surface area contributed by atoms with Gasteiger partial charge in [0, 0.05) is 62.4 Å². The molecule has 3 aliphatic rings. The molecule has 39 heavy (non-hydrogen) atoms. The largest absolute Gasteiger partial charge is 0.454 e. The number of nitroso groups, excluding NO2 is 1. The number of rotatable bonds is 8. The molecule has 9 nitrogen and oxygen atoms in total. The second kappa shape index (κ2) is 11.7. The van der Waals surface area contributed by atoms with Crippen LogP contribution >= 0.6 is 11.5 Å². The lowest BCUT2D eigenvalue weighted by Gasteiger charge is -2.40. The van der Waals surface area contributed by atoms with Gasteiger partial charge in [0.1, 0.15) is 11.5 Å². The van der Waals surface area contributed by atoms with Gasteiger partial charge in [0.05, 0.1) is 4.70 Å². The monoisotopic (exact) mass is 547 g/mol. The molecule has 6 rings (SSSR count). The summed E-state index contributed by atoms with van der Waals surface area (Å²) < 4.78 is 16.7. The Morgan fingerprint density at radius 3 is 2.67 bits per heavy atom. The first-order valence-corrected chi connectivity index (χ1v) is 14.5. The van der Waals surface area contributed by atoms with Gasteiger partial charge in [-0.2, -0.15) is 4.37 Å². The quantitative estimate of drug-likeness (QED) is 0.307. The maximum atomic E-state index is 12.6. The van der Waals surface area contributed by atoms with Gasteiger partial charge in [-0.15, -0.1) is 4.91 Å². The Hall–Kier alpha value is -3.50. The third-order valence-corrected chi connectivity index (χ3v) is 8.98. The Morgan fingerprint density at radius 2 is 1.85 bits per heavy atom. The molecule has 10 heteroatoms. The van der Waals surface area contributed by atoms with E-state index in [2.05, 4.69) is 44.6 Å². The highest BCUT2D eigenvalue weighted by Gasteiger charge is 2.29. The fourth-order valence-electron chi connectivity index (χ4n) is 5.98. The standard InChI is InChI=1S/C29H33N5O4S/c35-28(10-9-20-15-25-26(38-19-37-25)16-24(20)31-36)30-17-21-5-1-2-6-22(21)18-33-11-13-34(14-12-33)29-23-7-3-4-8-27(23)39-32-29/h3-4,7-10,15-16,21-22H,1-2,5-6,11-14,17-19H2,(H,30,35)/b10-9+/t21-,22+/m0/s1. The van der Waals surface area contributed by atoms with E-state index >= 15 is 0 Å². The van der Waals surface area contributed by atoms with Gasteiger partial charge in [0.25, 0.3) is 0 Å². The number of amides is 1. The zero-order chi connectivity index (χ0) is 26.6. The number of benzene rings is 2. The molecule has 1 saturated heterocycles. The van der Waals surface area contributed by atoms with Crippen LogP contribution in [0, 0.1) is 16.7 Å². The van der Waals surface area contributed by atoms with E-state index in [4.69, 9.17) is 13.8 Å². The van der Waals surface area contributed by atoms with E-state index in [0.717, 1.165) is 45.0 Å². The van der Waals surface area contributed by atoms with Gasteiger partial charge < -0.3 is 19.7 Å². The maximum absolute atomic E-state index is 12.6. The van der Waals surface area contributed by atoms with Crippen LogP contribution in [0.25, 0.3) is 16.2 Å². The Balaban J connectivity index is 1.01. The SMILES string of the molecule is O=Nc1cc2c(cc1/C=C/C(=O)NC[C@@H]1CCCC[C@@H]1CN1CCN(c3nsc4ccccc34)CC1)OCO2. The summed E-state index contributed by atoms with van der Waals surface area (Å²) in [6.07, 6.45) is 7.89. The Morgan fingerprint density at radius 1 is 1.08 bits per heavy atom. The van der Waals surface area contributed by atoms with E-state index in [1.54, 1.807) is 29.7 Å². The summed E-state index contributed by atoms with van der Waals surface area (Å²) >= 11 is 1.58. The Labute approximate surface area is 231 Å². The Bertz CT molecular complexity index is 1370. The second-order valence-corrected chi connectivity index (χ2v) is 11.3. The van der Waals surface area contributed by atoms with Crippen LogP contribution in [0.2, 0.25) is 0 Å². The number of aromatic nitrogens is 1. The molecule has 1 amide bonds. The van der Waals surface area contributed by atoms with Crippen molar-refractivity contribution >= 4 is 45.1 Å². The highest BCUT2D eigenvalue weighted by molar-refractivity contribution is 7.13. The molecule has 0 spiro atoms. The molecule has 3 aromatic rings. The second-order valence-electron chi connectivity index (χ2n) is 10.5. The van der Waals surface area contributed by atoms with Crippen LogP contribution in [0.15, 0.2) is 47.7 Å². The van der Waals surface area contributed by atoms with E-state index in [9.17, 15) is 9.70 Å². The number of nitrogens with zero attached hydrogens (tertiary/aromatic N) is 4. The minimum Gasteiger partial charge on any atom is -0.454 e. The van der Waals surface area contributed by atoms with E-state index in [1.807, 2.05) is 0 Å². The molecule has 1 aromatic heterocycles. The summed E-state index contributed by atoms with van der Waals surface area (Å²) in [6.45, 7) is 5.91. The summed E-state index contributed by atoms with van der Waals surface area (Å²) in [7, 11) is 0. The normalized spacial score (nSPS) is 21.5. The van der Waals surface area contributed by atoms with E-state index < -0.39 is 0 Å². The summed E-state index contributed by atoms with van der Waals surface area (Å²) in [4.78, 5) is 28.9. The zero-order valence-corrected chi connectivity index (χ0v) is 22.7. The van der Waals surface area contributed by atoms with Crippen molar-refractivity contribution in [2.24, 2.45) is 17.0 Å². The average Bonchev–Trinajstić information content (AvgIpc) is 3.62. The van der Waals surface area contributed by atoms with Crippen molar-refractivity contribution < 1.29 is 14.3 Å². The van der Waals surface area contributed by atoms with E-state index in [0.29, 0.717) is 35.4 Å². The predicted octanol–water partition coefficient (Wildman–Crippen LogP) is 5.18. The molecule has 2 aromatic carbocycles. The highest BCUT2D eigenvalue weighted by atomic mass is 32.1. The lowest BCUT2D eigenvalue weighted by atomic mass is 9.78. The van der Waals surface area contributed by atoms with Crippen molar-refractivity contribution in [2.75, 3.05) is 51.0 Å². The number of nitrogens with one attached hydrogen (secondary N) is 1. The van der Waals surface area contributed by atoms with Crippen LogP contribution in [0.1, 0.15) is 31.2 Å². The number of hydrogen-bond acceptors (Lipinski definition) is 9. The minimum absolute atomic E-state index is 0.114. The highest BCUT2D eigenvalue weighted by Crippen LogP contribution is 2.39. The van der Waals surface area contributed by atoms with Crippen LogP contribution in [-0.2, 0) is 4.79 Å². The topological polar surface area (TPSA) is 96.4 Å². The number of anilines is 1. The summed E-state index contributed by atoms with van der Waals surface area (Å²) in [5, 5.41) is 7.42. The van der Waals surface area contributed by atoms with Gasteiger partial charge in [-0.1, -0.05) is 25.0 Å². The summed E-state index contributed by atoms with van der Waals surface area (Å²) in [5.41, 5.74) is 0.753. The molecular weight excluding hydrogens is 514 g/mol. The molecule has 0 bridgehead atoms. The number of piperazine rings is 1. The number of ether oxygens (including phenoxy) is 2. The third-order valence-electron chi connectivity index (χ3n) is 8.16. The molecule has 204 valence electrons. The smallest absolute Gasteiger partial charge is 0.244 e. The molecule has 2 fully saturated rings. The van der Waals surface area contributed by atoms with Gasteiger partial charge in [0.15, 0.2) is 11.5 Å². The fourth-order valence-corrected chi connectivity index (χ4v) is 6.78. The maximum Gasteiger partial charge on any atom is 0.244 e. The number of hydrogen-bond donors (Lipinski definition) is 1. The minimum atomic E-state index is -0.169. The molecule has 0 radical (unpaired) electrons. The summed E-state index contributed by atoms with van der Waals surface area (Å²) in [5.74, 6) is 3.04. The molecule has 2 aliphatic heterocycles. The number of carbonyl (C=O) groups excluding carboxylic acids is 1. The van der Waals surface area contributed by atoms with Gasteiger partial charge in [-0.3, -0.25) is 9.69 Å². The van der Waals surface area contributed by atoms with Crippen LogP contribution in [0.3, 0.4) is 0 Å². The van der Waals surface area contributed by atoms with E-state index in [1.165, 1.54) is 35.4 Å². The molecular formula is C29H33N5O4S. The van der Waals surface area contributed by atoms with Crippen molar-refractivity contribution in [3.8, 4) is 11.5 Å². The zero-order valence-electron chi connectivity index (χ0n) is 21.9. The third kappa shape index (κ3) is 5.77. The Kier molecular flexibility index (Phi) is 7.74. The molecule has 3 heterocycles. The van der Waals surface area contributed by atoms with Crippen molar-refractivity contribution in [1.82, 2.24) is 14.6 Å². The molecule has 1 saturated carbocycles. The fraction of sp³-hybridized carbons (Fsp3) is 0.448. The van der Waals surface area contributed by atoms with Crippen LogP contribution < -0.4 is 19.7 Å². The van der Waals surface area contributed by atoms with Crippen LogP contribution in [0.4, 0.5) is 11.5 Å². The number of carbonyl (C=O) groups is 1. The van der Waals surface area contributed by atoms with Gasteiger partial charge in [-0.05, 0) is 65.7 Å². The van der Waals surface area contributed by atoms with Crippen molar-refractivity contribution in [2.45, 2.75) is 25.7 Å².